The molecule has 0 aromatic heterocycles. The Hall–Kier alpha value is -1.000. The van der Waals surface area contributed by atoms with Gasteiger partial charge in [-0.2, -0.15) is 13.2 Å². The van der Waals surface area contributed by atoms with Crippen molar-refractivity contribution < 1.29 is 13.2 Å². The fraction of sp³-hybridized carbons (Fsp3) is 0.143. The van der Waals surface area contributed by atoms with Gasteiger partial charge in [0.15, 0.2) is 0 Å². The highest BCUT2D eigenvalue weighted by Gasteiger charge is 2.33. The highest BCUT2D eigenvalue weighted by molar-refractivity contribution is 9.08. The second kappa shape index (κ2) is 5.55. The third kappa shape index (κ3) is 2.95. The molecule has 0 saturated carbocycles. The summed E-state index contributed by atoms with van der Waals surface area (Å²) < 4.78 is 39.1. The number of halogens is 5. The molecule has 2 aromatic carbocycles. The van der Waals surface area contributed by atoms with Crippen molar-refractivity contribution in [2.45, 2.75) is 11.5 Å². The molecule has 0 aliphatic rings. The van der Waals surface area contributed by atoms with Crippen molar-refractivity contribution in [2.75, 3.05) is 0 Å². The molecule has 0 spiro atoms. The quantitative estimate of drug-likeness (QED) is 0.590. The summed E-state index contributed by atoms with van der Waals surface area (Å²) in [4.78, 5) is 0. The summed E-state index contributed by atoms with van der Waals surface area (Å²) >= 11 is 9.30. The molecule has 19 heavy (non-hydrogen) atoms. The van der Waals surface area contributed by atoms with E-state index >= 15 is 0 Å². The van der Waals surface area contributed by atoms with Crippen LogP contribution in [-0.2, 0) is 11.5 Å². The van der Waals surface area contributed by atoms with Crippen LogP contribution in [0.25, 0.3) is 11.1 Å². The Bertz CT molecular complexity index is 593. The molecule has 0 radical (unpaired) electrons. The van der Waals surface area contributed by atoms with Gasteiger partial charge in [-0.3, -0.25) is 0 Å². The summed E-state index contributed by atoms with van der Waals surface area (Å²) in [5.74, 6) is 0. The van der Waals surface area contributed by atoms with Crippen LogP contribution in [0.1, 0.15) is 11.1 Å². The first-order valence-corrected chi connectivity index (χ1v) is 6.95. The van der Waals surface area contributed by atoms with Crippen molar-refractivity contribution in [3.05, 3.63) is 58.6 Å². The summed E-state index contributed by atoms with van der Waals surface area (Å²) in [6.07, 6.45) is -4.39. The topological polar surface area (TPSA) is 0 Å². The lowest BCUT2D eigenvalue weighted by atomic mass is 9.96. The van der Waals surface area contributed by atoms with Crippen LogP contribution >= 0.6 is 27.5 Å². The number of rotatable bonds is 2. The second-order valence-electron chi connectivity index (χ2n) is 3.94. The van der Waals surface area contributed by atoms with Crippen molar-refractivity contribution in [1.82, 2.24) is 0 Å². The molecule has 0 aliphatic heterocycles. The largest absolute Gasteiger partial charge is 0.417 e. The standard InChI is InChI=1S/C14H9BrClF3/c15-8-11-9(5-3-7-13(11)16)10-4-1-2-6-12(10)14(17,18)19/h1-7H,8H2. The summed E-state index contributed by atoms with van der Waals surface area (Å²) in [7, 11) is 0. The van der Waals surface area contributed by atoms with E-state index in [1.54, 1.807) is 24.3 Å². The molecule has 0 heterocycles. The summed E-state index contributed by atoms with van der Waals surface area (Å²) in [5.41, 5.74) is 0.643. The lowest BCUT2D eigenvalue weighted by Crippen LogP contribution is -2.07. The first-order valence-electron chi connectivity index (χ1n) is 5.45. The van der Waals surface area contributed by atoms with Crippen molar-refractivity contribution in [1.29, 1.82) is 0 Å². The van der Waals surface area contributed by atoms with Gasteiger partial charge in [-0.1, -0.05) is 57.9 Å². The van der Waals surface area contributed by atoms with E-state index in [2.05, 4.69) is 15.9 Å². The molecule has 100 valence electrons. The van der Waals surface area contributed by atoms with Crippen LogP contribution in [-0.4, -0.2) is 0 Å². The Kier molecular flexibility index (Phi) is 4.21. The third-order valence-electron chi connectivity index (χ3n) is 2.78. The van der Waals surface area contributed by atoms with Crippen LogP contribution in [0.4, 0.5) is 13.2 Å². The molecule has 2 rings (SSSR count). The molecule has 0 unspecified atom stereocenters. The van der Waals surface area contributed by atoms with Crippen molar-refractivity contribution in [3.63, 3.8) is 0 Å². The molecule has 0 amide bonds. The zero-order chi connectivity index (χ0) is 14.0. The minimum absolute atomic E-state index is 0.145. The molecular weight excluding hydrogens is 341 g/mol. The molecule has 0 N–H and O–H groups in total. The normalized spacial score (nSPS) is 11.6. The first-order chi connectivity index (χ1) is 8.95. The highest BCUT2D eigenvalue weighted by atomic mass is 79.9. The zero-order valence-electron chi connectivity index (χ0n) is 9.64. The second-order valence-corrected chi connectivity index (χ2v) is 4.91. The van der Waals surface area contributed by atoms with E-state index < -0.39 is 11.7 Å². The van der Waals surface area contributed by atoms with Gasteiger partial charge in [0, 0.05) is 10.4 Å². The lowest BCUT2D eigenvalue weighted by Gasteiger charge is -2.15. The van der Waals surface area contributed by atoms with Gasteiger partial charge in [-0.05, 0) is 28.8 Å². The lowest BCUT2D eigenvalue weighted by molar-refractivity contribution is -0.137. The third-order valence-corrected chi connectivity index (χ3v) is 3.69. The molecule has 0 aliphatic carbocycles. The average Bonchev–Trinajstić information content (AvgIpc) is 2.37. The van der Waals surface area contributed by atoms with Gasteiger partial charge in [0.25, 0.3) is 0 Å². The van der Waals surface area contributed by atoms with E-state index in [0.29, 0.717) is 21.5 Å². The number of benzene rings is 2. The minimum Gasteiger partial charge on any atom is -0.166 e. The maximum Gasteiger partial charge on any atom is 0.417 e. The maximum atomic E-state index is 13.0. The maximum absolute atomic E-state index is 13.0. The van der Waals surface area contributed by atoms with Crippen LogP contribution in [0, 0.1) is 0 Å². The van der Waals surface area contributed by atoms with Crippen molar-refractivity contribution in [3.8, 4) is 11.1 Å². The smallest absolute Gasteiger partial charge is 0.166 e. The van der Waals surface area contributed by atoms with Gasteiger partial charge in [0.1, 0.15) is 0 Å². The van der Waals surface area contributed by atoms with E-state index in [1.165, 1.54) is 12.1 Å². The van der Waals surface area contributed by atoms with Gasteiger partial charge in [-0.15, -0.1) is 0 Å². The molecule has 5 heteroatoms. The van der Waals surface area contributed by atoms with Crippen LogP contribution in [0.15, 0.2) is 42.5 Å². The Balaban J connectivity index is 2.70. The molecule has 0 fully saturated rings. The Morgan fingerprint density at radius 1 is 0.947 bits per heavy atom. The van der Waals surface area contributed by atoms with Crippen LogP contribution in [0.2, 0.25) is 5.02 Å². The van der Waals surface area contributed by atoms with Gasteiger partial charge >= 0.3 is 6.18 Å². The Morgan fingerprint density at radius 3 is 2.21 bits per heavy atom. The number of alkyl halides is 4. The average molecular weight is 350 g/mol. The van der Waals surface area contributed by atoms with E-state index in [1.807, 2.05) is 0 Å². The molecule has 0 atom stereocenters. The molecule has 2 aromatic rings. The summed E-state index contributed by atoms with van der Waals surface area (Å²) in [6, 6.07) is 10.5. The monoisotopic (exact) mass is 348 g/mol. The Morgan fingerprint density at radius 2 is 1.58 bits per heavy atom. The van der Waals surface area contributed by atoms with Crippen molar-refractivity contribution >= 4 is 27.5 Å². The molecular formula is C14H9BrClF3. The SMILES string of the molecule is FC(F)(F)c1ccccc1-c1cccc(Cl)c1CBr. The van der Waals surface area contributed by atoms with Crippen LogP contribution in [0.3, 0.4) is 0 Å². The van der Waals surface area contributed by atoms with Crippen LogP contribution < -0.4 is 0 Å². The van der Waals surface area contributed by atoms with Gasteiger partial charge in [-0.25, -0.2) is 0 Å². The number of hydrogen-bond donors (Lipinski definition) is 0. The molecule has 0 bridgehead atoms. The van der Waals surface area contributed by atoms with Gasteiger partial charge in [0.2, 0.25) is 0 Å². The fourth-order valence-corrected chi connectivity index (χ4v) is 2.92. The first kappa shape index (κ1) is 14.4. The minimum atomic E-state index is -4.39. The van der Waals surface area contributed by atoms with E-state index in [0.717, 1.165) is 6.07 Å². The van der Waals surface area contributed by atoms with Crippen molar-refractivity contribution in [2.24, 2.45) is 0 Å². The predicted octanol–water partition coefficient (Wildman–Crippen LogP) is 5.92. The summed E-state index contributed by atoms with van der Waals surface area (Å²) in [6.45, 7) is 0. The summed E-state index contributed by atoms with van der Waals surface area (Å²) in [5, 5.41) is 0.847. The van der Waals surface area contributed by atoms with Crippen LogP contribution in [0.5, 0.6) is 0 Å². The zero-order valence-corrected chi connectivity index (χ0v) is 12.0. The van der Waals surface area contributed by atoms with Gasteiger partial charge in [0.05, 0.1) is 5.56 Å². The Labute approximate surface area is 122 Å². The van der Waals surface area contributed by atoms with E-state index in [-0.39, 0.29) is 5.56 Å². The van der Waals surface area contributed by atoms with E-state index in [4.69, 9.17) is 11.6 Å². The molecule has 0 saturated heterocycles. The highest BCUT2D eigenvalue weighted by Crippen LogP contribution is 2.39. The van der Waals surface area contributed by atoms with Gasteiger partial charge < -0.3 is 0 Å². The number of hydrogen-bond acceptors (Lipinski definition) is 0. The van der Waals surface area contributed by atoms with E-state index in [9.17, 15) is 13.2 Å². The fourth-order valence-electron chi connectivity index (χ4n) is 1.91. The molecule has 0 nitrogen and oxygen atoms in total. The predicted molar refractivity (Wildman–Crippen MR) is 74.5 cm³/mol.